The second kappa shape index (κ2) is 9.88. The maximum absolute atomic E-state index is 13.1. The molecular formula is C24H24Cl2N2O3. The zero-order valence-electron chi connectivity index (χ0n) is 17.0. The fourth-order valence-electron chi connectivity index (χ4n) is 3.87. The average Bonchev–Trinajstić information content (AvgIpc) is 2.78. The van der Waals surface area contributed by atoms with Crippen molar-refractivity contribution in [3.8, 4) is 5.75 Å². The van der Waals surface area contributed by atoms with Crippen LogP contribution in [-0.4, -0.2) is 66.2 Å². The number of halogens is 2. The molecule has 0 radical (unpaired) electrons. The third-order valence-electron chi connectivity index (χ3n) is 5.49. The molecule has 1 N–H and O–H groups in total. The van der Waals surface area contributed by atoms with Crippen LogP contribution < -0.4 is 4.74 Å². The van der Waals surface area contributed by atoms with E-state index in [0.717, 1.165) is 16.3 Å². The molecule has 0 aliphatic carbocycles. The lowest BCUT2D eigenvalue weighted by atomic mass is 10.0. The molecule has 1 atom stereocenters. The largest absolute Gasteiger partial charge is 0.488 e. The van der Waals surface area contributed by atoms with Crippen LogP contribution in [0.25, 0.3) is 10.8 Å². The third kappa shape index (κ3) is 5.13. The van der Waals surface area contributed by atoms with Crippen molar-refractivity contribution < 1.29 is 14.6 Å². The summed E-state index contributed by atoms with van der Waals surface area (Å²) < 4.78 is 5.62. The third-order valence-corrected chi connectivity index (χ3v) is 6.08. The lowest BCUT2D eigenvalue weighted by Crippen LogP contribution is -2.51. The molecule has 3 aromatic rings. The summed E-state index contributed by atoms with van der Waals surface area (Å²) in [5.41, 5.74) is 0.733. The number of amides is 1. The second-order valence-electron chi connectivity index (χ2n) is 7.64. The number of aliphatic hydroxyl groups is 1. The lowest BCUT2D eigenvalue weighted by Gasteiger charge is -2.35. The van der Waals surface area contributed by atoms with E-state index in [2.05, 4.69) is 4.90 Å². The van der Waals surface area contributed by atoms with Gasteiger partial charge in [-0.15, -0.1) is 0 Å². The van der Waals surface area contributed by atoms with Gasteiger partial charge in [0.1, 0.15) is 12.7 Å². The smallest absolute Gasteiger partial charge is 0.254 e. The van der Waals surface area contributed by atoms with Crippen LogP contribution >= 0.6 is 23.2 Å². The molecule has 31 heavy (non-hydrogen) atoms. The maximum Gasteiger partial charge on any atom is 0.254 e. The number of carbonyl (C=O) groups is 1. The fourth-order valence-corrected chi connectivity index (χ4v) is 4.37. The Labute approximate surface area is 191 Å². The Balaban J connectivity index is 1.30. The van der Waals surface area contributed by atoms with Gasteiger partial charge in [-0.05, 0) is 29.0 Å². The van der Waals surface area contributed by atoms with Crippen molar-refractivity contribution in [1.29, 1.82) is 0 Å². The number of ether oxygens (including phenoxy) is 1. The maximum atomic E-state index is 13.1. The summed E-state index contributed by atoms with van der Waals surface area (Å²) in [7, 11) is 0. The summed E-state index contributed by atoms with van der Waals surface area (Å²) in [5, 5.41) is 13.3. The average molecular weight is 459 g/mol. The molecule has 1 amide bonds. The minimum atomic E-state index is -0.687. The Bertz CT molecular complexity index is 1040. The summed E-state index contributed by atoms with van der Waals surface area (Å²) >= 11 is 12.2. The highest BCUT2D eigenvalue weighted by Gasteiger charge is 2.24. The van der Waals surface area contributed by atoms with E-state index >= 15 is 0 Å². The van der Waals surface area contributed by atoms with Gasteiger partial charge < -0.3 is 14.7 Å². The molecule has 1 aliphatic rings. The van der Waals surface area contributed by atoms with E-state index in [0.29, 0.717) is 48.5 Å². The van der Waals surface area contributed by atoms with Crippen molar-refractivity contribution in [2.45, 2.75) is 6.10 Å². The van der Waals surface area contributed by atoms with Gasteiger partial charge in [-0.2, -0.15) is 0 Å². The first-order chi connectivity index (χ1) is 15.0. The number of β-amino-alcohol motifs (C(OH)–C–C–N with tert-alkyl or cyclic N) is 1. The van der Waals surface area contributed by atoms with Gasteiger partial charge in [0.15, 0.2) is 5.75 Å². The van der Waals surface area contributed by atoms with Crippen LogP contribution in [0.1, 0.15) is 10.4 Å². The van der Waals surface area contributed by atoms with Gasteiger partial charge in [-0.3, -0.25) is 9.69 Å². The van der Waals surface area contributed by atoms with Gasteiger partial charge in [0, 0.05) is 38.3 Å². The van der Waals surface area contributed by atoms with Gasteiger partial charge >= 0.3 is 0 Å². The minimum Gasteiger partial charge on any atom is -0.488 e. The van der Waals surface area contributed by atoms with E-state index in [9.17, 15) is 9.90 Å². The van der Waals surface area contributed by atoms with E-state index in [-0.39, 0.29) is 12.5 Å². The molecule has 1 saturated heterocycles. The fraction of sp³-hybridized carbons (Fsp3) is 0.292. The Hall–Kier alpha value is -2.31. The van der Waals surface area contributed by atoms with E-state index in [1.165, 1.54) is 0 Å². The molecule has 1 aliphatic heterocycles. The van der Waals surface area contributed by atoms with Gasteiger partial charge in [0.25, 0.3) is 5.91 Å². The van der Waals surface area contributed by atoms with Crippen LogP contribution in [0.3, 0.4) is 0 Å². The molecule has 162 valence electrons. The zero-order chi connectivity index (χ0) is 21.8. The van der Waals surface area contributed by atoms with E-state index in [4.69, 9.17) is 27.9 Å². The van der Waals surface area contributed by atoms with Crippen molar-refractivity contribution in [3.63, 3.8) is 0 Å². The standard InChI is InChI=1S/C24H24Cl2N2O3/c25-21-9-4-10-22(26)23(21)31-16-18(29)15-27-11-13-28(14-12-27)24(30)20-8-3-6-17-5-1-2-7-19(17)20/h1-10,18,29H,11-16H2. The van der Waals surface area contributed by atoms with E-state index in [1.54, 1.807) is 18.2 Å². The predicted molar refractivity (Wildman–Crippen MR) is 124 cm³/mol. The number of fused-ring (bicyclic) bond motifs is 1. The highest BCUT2D eigenvalue weighted by atomic mass is 35.5. The Morgan fingerprint density at radius 1 is 0.935 bits per heavy atom. The lowest BCUT2D eigenvalue weighted by molar-refractivity contribution is 0.0405. The van der Waals surface area contributed by atoms with Gasteiger partial charge in [-0.25, -0.2) is 0 Å². The molecule has 0 spiro atoms. The molecular weight excluding hydrogens is 435 g/mol. The zero-order valence-corrected chi connectivity index (χ0v) is 18.5. The number of carbonyl (C=O) groups excluding carboxylic acids is 1. The molecule has 3 aromatic carbocycles. The molecule has 0 aromatic heterocycles. The normalized spacial score (nSPS) is 15.8. The predicted octanol–water partition coefficient (Wildman–Crippen LogP) is 4.34. The number of benzene rings is 3. The van der Waals surface area contributed by atoms with Crippen LogP contribution in [0, 0.1) is 0 Å². The number of nitrogens with zero attached hydrogens (tertiary/aromatic N) is 2. The molecule has 5 nitrogen and oxygen atoms in total. The molecule has 1 heterocycles. The van der Waals surface area contributed by atoms with Crippen LogP contribution in [-0.2, 0) is 0 Å². The van der Waals surface area contributed by atoms with Crippen molar-refractivity contribution >= 4 is 39.9 Å². The van der Waals surface area contributed by atoms with Gasteiger partial charge in [-0.1, -0.05) is 65.7 Å². The first-order valence-electron chi connectivity index (χ1n) is 10.3. The summed E-state index contributed by atoms with van der Waals surface area (Å²) in [4.78, 5) is 17.1. The Morgan fingerprint density at radius 2 is 1.58 bits per heavy atom. The molecule has 0 saturated carbocycles. The summed E-state index contributed by atoms with van der Waals surface area (Å²) in [6.45, 7) is 3.18. The molecule has 1 fully saturated rings. The van der Waals surface area contributed by atoms with Crippen LogP contribution in [0.4, 0.5) is 0 Å². The first-order valence-corrected chi connectivity index (χ1v) is 11.0. The first kappa shape index (κ1) is 21.9. The second-order valence-corrected chi connectivity index (χ2v) is 8.45. The number of hydrogen-bond donors (Lipinski definition) is 1. The minimum absolute atomic E-state index is 0.0497. The number of piperazine rings is 1. The van der Waals surface area contributed by atoms with Crippen molar-refractivity contribution in [1.82, 2.24) is 9.80 Å². The molecule has 1 unspecified atom stereocenters. The van der Waals surface area contributed by atoms with Crippen LogP contribution in [0.15, 0.2) is 60.7 Å². The monoisotopic (exact) mass is 458 g/mol. The molecule has 4 rings (SSSR count). The topological polar surface area (TPSA) is 53.0 Å². The van der Waals surface area contributed by atoms with Gasteiger partial charge in [0.2, 0.25) is 0 Å². The van der Waals surface area contributed by atoms with Crippen molar-refractivity contribution in [3.05, 3.63) is 76.3 Å². The summed E-state index contributed by atoms with van der Waals surface area (Å²) in [5.74, 6) is 0.434. The van der Waals surface area contributed by atoms with Crippen LogP contribution in [0.5, 0.6) is 5.75 Å². The molecule has 7 heteroatoms. The number of hydrogen-bond acceptors (Lipinski definition) is 4. The Morgan fingerprint density at radius 3 is 2.32 bits per heavy atom. The van der Waals surface area contributed by atoms with E-state index in [1.807, 2.05) is 47.4 Å². The van der Waals surface area contributed by atoms with Crippen LogP contribution in [0.2, 0.25) is 10.0 Å². The van der Waals surface area contributed by atoms with Crippen molar-refractivity contribution in [2.75, 3.05) is 39.3 Å². The highest BCUT2D eigenvalue weighted by Crippen LogP contribution is 2.32. The SMILES string of the molecule is O=C(c1cccc2ccccc12)N1CCN(CC(O)COc2c(Cl)cccc2Cl)CC1. The highest BCUT2D eigenvalue weighted by molar-refractivity contribution is 6.37. The number of aliphatic hydroxyl groups excluding tert-OH is 1. The molecule has 0 bridgehead atoms. The summed E-state index contributed by atoms with van der Waals surface area (Å²) in [6, 6.07) is 18.9. The summed E-state index contributed by atoms with van der Waals surface area (Å²) in [6.07, 6.45) is -0.687. The van der Waals surface area contributed by atoms with Gasteiger partial charge in [0.05, 0.1) is 10.0 Å². The Kier molecular flexibility index (Phi) is 6.98. The van der Waals surface area contributed by atoms with Crippen molar-refractivity contribution in [2.24, 2.45) is 0 Å². The van der Waals surface area contributed by atoms with E-state index < -0.39 is 6.10 Å². The number of para-hydroxylation sites is 1. The quantitative estimate of drug-likeness (QED) is 0.596. The number of rotatable bonds is 6.